The van der Waals surface area contributed by atoms with Gasteiger partial charge in [-0.2, -0.15) is 0 Å². The summed E-state index contributed by atoms with van der Waals surface area (Å²) in [6.07, 6.45) is 0.336. The fraction of sp³-hybridized carbons (Fsp3) is 0.310. The molecule has 0 aliphatic heterocycles. The summed E-state index contributed by atoms with van der Waals surface area (Å²) in [6, 6.07) is 17.7. The number of aryl methyl sites for hydroxylation is 2. The van der Waals surface area contributed by atoms with Crippen molar-refractivity contribution >= 4 is 39.1 Å². The number of halogens is 1. The van der Waals surface area contributed by atoms with Crippen LogP contribution < -0.4 is 14.4 Å². The average Bonchev–Trinajstić information content (AvgIpc) is 2.91. The molecule has 3 aromatic carbocycles. The molecule has 0 heterocycles. The van der Waals surface area contributed by atoms with Gasteiger partial charge in [0, 0.05) is 18.6 Å². The average molecular weight is 572 g/mol. The van der Waals surface area contributed by atoms with Crippen LogP contribution in [0.25, 0.3) is 0 Å². The zero-order valence-electron chi connectivity index (χ0n) is 22.8. The number of rotatable bonds is 11. The first-order valence-corrected chi connectivity index (χ1v) is 14.3. The molecule has 0 bridgehead atoms. The van der Waals surface area contributed by atoms with Gasteiger partial charge in [-0.15, -0.1) is 0 Å². The lowest BCUT2D eigenvalue weighted by Crippen LogP contribution is -2.51. The number of likely N-dealkylation sites (N-methyl/N-ethyl adjacent to an activating group) is 1. The van der Waals surface area contributed by atoms with Gasteiger partial charge in [0.15, 0.2) is 0 Å². The van der Waals surface area contributed by atoms with Crippen molar-refractivity contribution < 1.29 is 22.7 Å². The molecule has 0 unspecified atom stereocenters. The van der Waals surface area contributed by atoms with Crippen LogP contribution in [0.1, 0.15) is 30.0 Å². The van der Waals surface area contributed by atoms with Crippen molar-refractivity contribution in [2.75, 3.05) is 25.0 Å². The topological polar surface area (TPSA) is 96.0 Å². The summed E-state index contributed by atoms with van der Waals surface area (Å²) in [7, 11) is -1.32. The van der Waals surface area contributed by atoms with E-state index in [2.05, 4.69) is 5.32 Å². The molecule has 0 aliphatic rings. The number of amides is 2. The molecule has 39 heavy (non-hydrogen) atoms. The van der Waals surface area contributed by atoms with E-state index in [1.807, 2.05) is 38.1 Å². The van der Waals surface area contributed by atoms with E-state index in [0.717, 1.165) is 21.0 Å². The van der Waals surface area contributed by atoms with Gasteiger partial charge in [0.25, 0.3) is 10.0 Å². The number of ether oxygens (including phenoxy) is 1. The molecule has 0 saturated heterocycles. The maximum Gasteiger partial charge on any atom is 0.264 e. The molecular formula is C29H34ClN3O5S. The molecule has 0 fully saturated rings. The molecule has 0 aliphatic carbocycles. The Balaban J connectivity index is 2.13. The van der Waals surface area contributed by atoms with Gasteiger partial charge in [0.1, 0.15) is 18.3 Å². The van der Waals surface area contributed by atoms with E-state index in [9.17, 15) is 18.0 Å². The van der Waals surface area contributed by atoms with E-state index in [1.165, 1.54) is 37.3 Å². The van der Waals surface area contributed by atoms with E-state index in [4.69, 9.17) is 16.3 Å². The number of hydrogen-bond acceptors (Lipinski definition) is 5. The number of sulfonamides is 1. The van der Waals surface area contributed by atoms with Gasteiger partial charge in [0.05, 0.1) is 17.7 Å². The lowest BCUT2D eigenvalue weighted by atomic mass is 10.1. The quantitative estimate of drug-likeness (QED) is 0.359. The highest BCUT2D eigenvalue weighted by Gasteiger charge is 2.34. The Morgan fingerprint density at radius 2 is 1.69 bits per heavy atom. The molecule has 0 aromatic heterocycles. The maximum absolute atomic E-state index is 14.0. The van der Waals surface area contributed by atoms with Gasteiger partial charge in [-0.05, 0) is 56.2 Å². The normalized spacial score (nSPS) is 11.9. The summed E-state index contributed by atoms with van der Waals surface area (Å²) in [5.74, 6) is -0.664. The van der Waals surface area contributed by atoms with E-state index in [0.29, 0.717) is 6.42 Å². The smallest absolute Gasteiger partial charge is 0.264 e. The number of anilines is 1. The SMILES string of the molecule is CC[C@H](C(=O)NC)N(Cc1cccc(C)c1)C(=O)CN(c1cc(Cl)ccc1OC)S(=O)(=O)c1ccc(C)cc1. The van der Waals surface area contributed by atoms with Crippen molar-refractivity contribution in [2.45, 2.75) is 44.7 Å². The number of carbonyl (C=O) groups is 2. The summed E-state index contributed by atoms with van der Waals surface area (Å²) < 4.78 is 34.4. The Morgan fingerprint density at radius 1 is 1.00 bits per heavy atom. The third kappa shape index (κ3) is 7.10. The van der Waals surface area contributed by atoms with Crippen LogP contribution in [0.3, 0.4) is 0 Å². The van der Waals surface area contributed by atoms with Crippen molar-refractivity contribution in [3.05, 3.63) is 88.4 Å². The van der Waals surface area contributed by atoms with Crippen LogP contribution in [0.4, 0.5) is 5.69 Å². The fourth-order valence-corrected chi connectivity index (χ4v) is 5.88. The second-order valence-electron chi connectivity index (χ2n) is 9.19. The summed E-state index contributed by atoms with van der Waals surface area (Å²) in [6.45, 7) is 5.14. The monoisotopic (exact) mass is 571 g/mol. The van der Waals surface area contributed by atoms with Crippen molar-refractivity contribution in [3.63, 3.8) is 0 Å². The zero-order chi connectivity index (χ0) is 28.7. The van der Waals surface area contributed by atoms with Crippen LogP contribution in [0.15, 0.2) is 71.6 Å². The van der Waals surface area contributed by atoms with Gasteiger partial charge in [-0.3, -0.25) is 13.9 Å². The third-order valence-electron chi connectivity index (χ3n) is 6.37. The van der Waals surface area contributed by atoms with E-state index < -0.39 is 28.5 Å². The van der Waals surface area contributed by atoms with E-state index >= 15 is 0 Å². The van der Waals surface area contributed by atoms with Crippen LogP contribution in [0.2, 0.25) is 5.02 Å². The fourth-order valence-electron chi connectivity index (χ4n) is 4.30. The molecule has 1 N–H and O–H groups in total. The molecule has 0 spiro atoms. The molecule has 3 rings (SSSR count). The summed E-state index contributed by atoms with van der Waals surface area (Å²) in [5.41, 5.74) is 2.82. The molecule has 0 radical (unpaired) electrons. The first-order valence-electron chi connectivity index (χ1n) is 12.5. The second-order valence-corrected chi connectivity index (χ2v) is 11.5. The number of nitrogens with zero attached hydrogens (tertiary/aromatic N) is 2. The van der Waals surface area contributed by atoms with Gasteiger partial charge in [0.2, 0.25) is 11.8 Å². The minimum atomic E-state index is -4.24. The highest BCUT2D eigenvalue weighted by molar-refractivity contribution is 7.92. The molecule has 0 saturated carbocycles. The van der Waals surface area contributed by atoms with Gasteiger partial charge < -0.3 is 15.0 Å². The largest absolute Gasteiger partial charge is 0.495 e. The minimum Gasteiger partial charge on any atom is -0.495 e. The Labute approximate surface area is 235 Å². The lowest BCUT2D eigenvalue weighted by molar-refractivity contribution is -0.140. The van der Waals surface area contributed by atoms with Gasteiger partial charge in [-0.1, -0.05) is 66.0 Å². The van der Waals surface area contributed by atoms with Gasteiger partial charge in [-0.25, -0.2) is 8.42 Å². The molecular weight excluding hydrogens is 538 g/mol. The van der Waals surface area contributed by atoms with Crippen LogP contribution in [0, 0.1) is 13.8 Å². The molecule has 2 amide bonds. The molecule has 1 atom stereocenters. The molecule has 208 valence electrons. The molecule has 8 nitrogen and oxygen atoms in total. The Bertz CT molecular complexity index is 1430. The number of nitrogens with one attached hydrogen (secondary N) is 1. The first-order chi connectivity index (χ1) is 18.5. The zero-order valence-corrected chi connectivity index (χ0v) is 24.3. The number of carbonyl (C=O) groups excluding carboxylic acids is 2. The van der Waals surface area contributed by atoms with Crippen molar-refractivity contribution in [1.29, 1.82) is 0 Å². The van der Waals surface area contributed by atoms with Crippen LogP contribution in [-0.4, -0.2) is 51.9 Å². The minimum absolute atomic E-state index is 0.00602. The van der Waals surface area contributed by atoms with Crippen molar-refractivity contribution in [2.24, 2.45) is 0 Å². The maximum atomic E-state index is 14.0. The number of benzene rings is 3. The predicted molar refractivity (Wildman–Crippen MR) is 154 cm³/mol. The van der Waals surface area contributed by atoms with Gasteiger partial charge >= 0.3 is 0 Å². The van der Waals surface area contributed by atoms with Crippen LogP contribution in [-0.2, 0) is 26.2 Å². The number of hydrogen-bond donors (Lipinski definition) is 1. The first kappa shape index (κ1) is 30.0. The van der Waals surface area contributed by atoms with Crippen molar-refractivity contribution in [1.82, 2.24) is 10.2 Å². The second kappa shape index (κ2) is 13.0. The molecule has 3 aromatic rings. The standard InChI is InChI=1S/C29H34ClN3O5S/c1-6-25(29(35)31-4)32(18-22-9-7-8-21(3)16-22)28(34)19-33(26-17-23(30)12-15-27(26)38-5)39(36,37)24-13-10-20(2)11-14-24/h7-17,25H,6,18-19H2,1-5H3,(H,31,35)/t25-/m1/s1. The van der Waals surface area contributed by atoms with Crippen LogP contribution >= 0.6 is 11.6 Å². The highest BCUT2D eigenvalue weighted by Crippen LogP contribution is 2.35. The van der Waals surface area contributed by atoms with E-state index in [1.54, 1.807) is 31.2 Å². The summed E-state index contributed by atoms with van der Waals surface area (Å²) in [5, 5.41) is 2.89. The Morgan fingerprint density at radius 3 is 2.28 bits per heavy atom. The lowest BCUT2D eigenvalue weighted by Gasteiger charge is -2.33. The predicted octanol–water partition coefficient (Wildman–Crippen LogP) is 4.71. The highest BCUT2D eigenvalue weighted by atomic mass is 35.5. The Kier molecular flexibility index (Phi) is 9.99. The summed E-state index contributed by atoms with van der Waals surface area (Å²) in [4.78, 5) is 28.3. The molecule has 10 heteroatoms. The van der Waals surface area contributed by atoms with E-state index in [-0.39, 0.29) is 33.8 Å². The summed E-state index contributed by atoms with van der Waals surface area (Å²) >= 11 is 6.26. The number of methoxy groups -OCH3 is 1. The van der Waals surface area contributed by atoms with Crippen LogP contribution in [0.5, 0.6) is 5.75 Å². The Hall–Kier alpha value is -3.56. The van der Waals surface area contributed by atoms with Crippen molar-refractivity contribution in [3.8, 4) is 5.75 Å². The third-order valence-corrected chi connectivity index (χ3v) is 8.37.